The van der Waals surface area contributed by atoms with Crippen LogP contribution in [0.15, 0.2) is 36.4 Å². The number of aliphatic hydroxyl groups is 1. The summed E-state index contributed by atoms with van der Waals surface area (Å²) in [6.07, 6.45) is 2.57. The van der Waals surface area contributed by atoms with Gasteiger partial charge in [0, 0.05) is 12.5 Å². The van der Waals surface area contributed by atoms with Crippen LogP contribution in [0.1, 0.15) is 31.7 Å². The van der Waals surface area contributed by atoms with E-state index in [2.05, 4.69) is 11.5 Å². The van der Waals surface area contributed by atoms with Crippen molar-refractivity contribution in [1.29, 1.82) is 0 Å². The first-order valence-corrected chi connectivity index (χ1v) is 8.62. The summed E-state index contributed by atoms with van der Waals surface area (Å²) < 4.78 is 11.3. The van der Waals surface area contributed by atoms with Gasteiger partial charge in [0.2, 0.25) is 0 Å². The van der Waals surface area contributed by atoms with E-state index in [1.54, 1.807) is 7.11 Å². The van der Waals surface area contributed by atoms with E-state index >= 15 is 0 Å². The van der Waals surface area contributed by atoms with Crippen molar-refractivity contribution in [2.24, 2.45) is 5.92 Å². The van der Waals surface area contributed by atoms with E-state index in [1.165, 1.54) is 0 Å². The molecule has 0 amide bonds. The van der Waals surface area contributed by atoms with Crippen LogP contribution in [0.4, 0.5) is 0 Å². The average Bonchev–Trinajstić information content (AvgIpc) is 2.55. The van der Waals surface area contributed by atoms with Crippen molar-refractivity contribution in [3.8, 4) is 5.75 Å². The van der Waals surface area contributed by atoms with Crippen LogP contribution in [0.2, 0.25) is 0 Å². The Balaban J connectivity index is 2.21. The van der Waals surface area contributed by atoms with Gasteiger partial charge in [-0.3, -0.25) is 0 Å². The van der Waals surface area contributed by atoms with Crippen LogP contribution in [0.3, 0.4) is 0 Å². The highest BCUT2D eigenvalue weighted by Crippen LogP contribution is 2.43. The van der Waals surface area contributed by atoms with E-state index in [9.17, 15) is 5.11 Å². The molecule has 0 spiro atoms. The molecule has 0 aliphatic heterocycles. The van der Waals surface area contributed by atoms with Crippen molar-refractivity contribution >= 4 is 0 Å². The number of methoxy groups -OCH3 is 1. The molecule has 1 fully saturated rings. The minimum atomic E-state index is -0.845. The van der Waals surface area contributed by atoms with Gasteiger partial charge in [0.25, 0.3) is 0 Å². The monoisotopic (exact) mass is 333 g/mol. The quantitative estimate of drug-likeness (QED) is 0.778. The number of ether oxygens (including phenoxy) is 2. The van der Waals surface area contributed by atoms with E-state index in [0.29, 0.717) is 13.0 Å². The van der Waals surface area contributed by atoms with Gasteiger partial charge in [0.15, 0.2) is 0 Å². The summed E-state index contributed by atoms with van der Waals surface area (Å²) in [7, 11) is 5.75. The van der Waals surface area contributed by atoms with Crippen LogP contribution >= 0.6 is 0 Å². The maximum absolute atomic E-state index is 11.5. The molecule has 1 aromatic carbocycles. The normalized spacial score (nSPS) is 27.2. The maximum atomic E-state index is 11.5. The molecule has 4 nitrogen and oxygen atoms in total. The Labute approximate surface area is 146 Å². The van der Waals surface area contributed by atoms with Crippen LogP contribution in [0.5, 0.6) is 5.75 Å². The molecule has 1 N–H and O–H groups in total. The second-order valence-corrected chi connectivity index (χ2v) is 7.28. The Hall–Kier alpha value is -1.36. The van der Waals surface area contributed by atoms with Crippen molar-refractivity contribution < 1.29 is 14.6 Å². The predicted molar refractivity (Wildman–Crippen MR) is 97.3 cm³/mol. The minimum absolute atomic E-state index is 0.114. The highest BCUT2D eigenvalue weighted by molar-refractivity contribution is 5.33. The van der Waals surface area contributed by atoms with Crippen LogP contribution < -0.4 is 4.74 Å². The molecule has 3 unspecified atom stereocenters. The van der Waals surface area contributed by atoms with Gasteiger partial charge in [-0.05, 0) is 58.0 Å². The Bertz CT molecular complexity index is 558. The van der Waals surface area contributed by atoms with Crippen LogP contribution in [0.25, 0.3) is 0 Å². The standard InChI is InChI=1S/C20H31NO3/c1-15(2)14-24-19-9-10-20(22,17(12-19)13-21(3)4)16-7-6-8-18(11-16)23-5/h6-8,11,17,19,22H,1,9-10,12-14H2,2-5H3. The minimum Gasteiger partial charge on any atom is -0.497 e. The second kappa shape index (κ2) is 8.15. The van der Waals surface area contributed by atoms with Gasteiger partial charge in [-0.1, -0.05) is 24.3 Å². The number of nitrogens with zero attached hydrogens (tertiary/aromatic N) is 1. The molecule has 0 bridgehead atoms. The third-order valence-corrected chi connectivity index (χ3v) is 4.79. The zero-order valence-corrected chi connectivity index (χ0v) is 15.4. The molecule has 134 valence electrons. The van der Waals surface area contributed by atoms with Gasteiger partial charge < -0.3 is 19.5 Å². The van der Waals surface area contributed by atoms with Crippen molar-refractivity contribution in [1.82, 2.24) is 4.90 Å². The summed E-state index contributed by atoms with van der Waals surface area (Å²) in [6.45, 7) is 7.30. The molecule has 0 heterocycles. The third kappa shape index (κ3) is 4.59. The van der Waals surface area contributed by atoms with E-state index in [-0.39, 0.29) is 12.0 Å². The number of benzene rings is 1. The molecule has 1 aromatic rings. The van der Waals surface area contributed by atoms with Crippen molar-refractivity contribution in [2.45, 2.75) is 37.9 Å². The molecule has 1 aliphatic rings. The molecule has 3 atom stereocenters. The molecular formula is C20H31NO3. The van der Waals surface area contributed by atoms with Gasteiger partial charge in [-0.15, -0.1) is 0 Å². The molecule has 1 saturated carbocycles. The summed E-state index contributed by atoms with van der Waals surface area (Å²) in [5, 5.41) is 11.5. The van der Waals surface area contributed by atoms with Gasteiger partial charge >= 0.3 is 0 Å². The second-order valence-electron chi connectivity index (χ2n) is 7.28. The fourth-order valence-corrected chi connectivity index (χ4v) is 3.57. The number of rotatable bonds is 7. The average molecular weight is 333 g/mol. The number of hydrogen-bond donors (Lipinski definition) is 1. The fourth-order valence-electron chi connectivity index (χ4n) is 3.57. The molecule has 2 rings (SSSR count). The van der Waals surface area contributed by atoms with E-state index in [0.717, 1.165) is 36.3 Å². The third-order valence-electron chi connectivity index (χ3n) is 4.79. The zero-order chi connectivity index (χ0) is 17.7. The summed E-state index contributed by atoms with van der Waals surface area (Å²) in [5.41, 5.74) is 1.13. The van der Waals surface area contributed by atoms with E-state index < -0.39 is 5.60 Å². The lowest BCUT2D eigenvalue weighted by Gasteiger charge is -2.44. The Kier molecular flexibility index (Phi) is 6.44. The molecule has 0 saturated heterocycles. The maximum Gasteiger partial charge on any atom is 0.119 e. The van der Waals surface area contributed by atoms with Crippen molar-refractivity contribution in [3.05, 3.63) is 42.0 Å². The highest BCUT2D eigenvalue weighted by atomic mass is 16.5. The first-order chi connectivity index (χ1) is 11.3. The van der Waals surface area contributed by atoms with Crippen LogP contribution in [-0.4, -0.2) is 50.5 Å². The Morgan fingerprint density at radius 1 is 1.42 bits per heavy atom. The van der Waals surface area contributed by atoms with Crippen molar-refractivity contribution in [3.63, 3.8) is 0 Å². The molecule has 0 radical (unpaired) electrons. The SMILES string of the molecule is C=C(C)COC1CCC(O)(c2cccc(OC)c2)C(CN(C)C)C1. The molecular weight excluding hydrogens is 302 g/mol. The molecule has 24 heavy (non-hydrogen) atoms. The van der Waals surface area contributed by atoms with Crippen molar-refractivity contribution in [2.75, 3.05) is 34.4 Å². The molecule has 1 aliphatic carbocycles. The first kappa shape index (κ1) is 19.0. The summed E-state index contributed by atoms with van der Waals surface area (Å²) >= 11 is 0. The van der Waals surface area contributed by atoms with Crippen LogP contribution in [-0.2, 0) is 10.3 Å². The highest BCUT2D eigenvalue weighted by Gasteiger charge is 2.44. The van der Waals surface area contributed by atoms with Gasteiger partial charge in [0.05, 0.1) is 25.4 Å². The van der Waals surface area contributed by atoms with Crippen LogP contribution in [0, 0.1) is 5.92 Å². The predicted octanol–water partition coefficient (Wildman–Crippen LogP) is 3.21. The lowest BCUT2D eigenvalue weighted by Crippen LogP contribution is -2.46. The van der Waals surface area contributed by atoms with Gasteiger partial charge in [-0.2, -0.15) is 0 Å². The molecule has 0 aromatic heterocycles. The lowest BCUT2D eigenvalue weighted by molar-refractivity contribution is -0.105. The van der Waals surface area contributed by atoms with E-state index in [4.69, 9.17) is 9.47 Å². The summed E-state index contributed by atoms with van der Waals surface area (Å²) in [6, 6.07) is 7.82. The fraction of sp³-hybridized carbons (Fsp3) is 0.600. The Morgan fingerprint density at radius 2 is 2.17 bits per heavy atom. The molecule has 4 heteroatoms. The Morgan fingerprint density at radius 3 is 2.79 bits per heavy atom. The van der Waals surface area contributed by atoms with E-state index in [1.807, 2.05) is 45.3 Å². The zero-order valence-electron chi connectivity index (χ0n) is 15.4. The van der Waals surface area contributed by atoms with Gasteiger partial charge in [-0.25, -0.2) is 0 Å². The number of hydrogen-bond acceptors (Lipinski definition) is 4. The summed E-state index contributed by atoms with van der Waals surface area (Å²) in [4.78, 5) is 2.14. The largest absolute Gasteiger partial charge is 0.497 e. The lowest BCUT2D eigenvalue weighted by atomic mass is 9.70. The smallest absolute Gasteiger partial charge is 0.119 e. The first-order valence-electron chi connectivity index (χ1n) is 8.62. The topological polar surface area (TPSA) is 41.9 Å². The summed E-state index contributed by atoms with van der Waals surface area (Å²) in [5.74, 6) is 0.897. The van der Waals surface area contributed by atoms with Gasteiger partial charge in [0.1, 0.15) is 5.75 Å².